The molecule has 0 saturated carbocycles. The highest BCUT2D eigenvalue weighted by molar-refractivity contribution is 5.80. The highest BCUT2D eigenvalue weighted by Crippen LogP contribution is 2.31. The lowest BCUT2D eigenvalue weighted by atomic mass is 10.1. The number of carboxylic acid groups (broad SMARTS) is 1. The van der Waals surface area contributed by atoms with E-state index in [1.807, 2.05) is 0 Å². The lowest BCUT2D eigenvalue weighted by Crippen LogP contribution is -2.47. The molecule has 122 valence electrons. The summed E-state index contributed by atoms with van der Waals surface area (Å²) in [4.78, 5) is 22.0. The van der Waals surface area contributed by atoms with Crippen LogP contribution in [-0.2, 0) is 15.8 Å². The molecule has 1 atom stereocenters. The Kier molecular flexibility index (Phi) is 5.37. The molecule has 0 fully saturated rings. The Morgan fingerprint density at radius 3 is 2.50 bits per heavy atom. The fourth-order valence-corrected chi connectivity index (χ4v) is 1.31. The first-order valence-corrected chi connectivity index (χ1v) is 6.05. The summed E-state index contributed by atoms with van der Waals surface area (Å²) in [7, 11) is 0. The number of carbonyl (C=O) groups excluding carboxylic acids is 1. The van der Waals surface area contributed by atoms with Crippen LogP contribution in [0.15, 0.2) is 24.3 Å². The number of halogens is 3. The van der Waals surface area contributed by atoms with Gasteiger partial charge < -0.3 is 20.3 Å². The molecule has 0 aliphatic heterocycles. The van der Waals surface area contributed by atoms with Crippen LogP contribution >= 0.6 is 0 Å². The number of carboxylic acids is 1. The van der Waals surface area contributed by atoms with Gasteiger partial charge in [-0.3, -0.25) is 4.79 Å². The zero-order chi connectivity index (χ0) is 17.0. The molecule has 9 heteroatoms. The van der Waals surface area contributed by atoms with E-state index in [4.69, 9.17) is 9.84 Å². The van der Waals surface area contributed by atoms with Crippen LogP contribution in [0.3, 0.4) is 0 Å². The summed E-state index contributed by atoms with van der Waals surface area (Å²) in [6.07, 6.45) is -4.53. The second kappa shape index (κ2) is 6.65. The molecule has 0 heterocycles. The Balaban J connectivity index is 2.53. The van der Waals surface area contributed by atoms with Gasteiger partial charge in [0.25, 0.3) is 5.91 Å². The van der Waals surface area contributed by atoms with Crippen LogP contribution in [0.25, 0.3) is 0 Å². The van der Waals surface area contributed by atoms with Crippen LogP contribution in [-0.4, -0.2) is 40.8 Å². The van der Waals surface area contributed by atoms with E-state index in [0.29, 0.717) is 0 Å². The maximum atomic E-state index is 12.5. The van der Waals surface area contributed by atoms with E-state index in [1.165, 1.54) is 6.07 Å². The Hall–Kier alpha value is -2.29. The maximum Gasteiger partial charge on any atom is 0.416 e. The molecule has 0 spiro atoms. The molecule has 1 unspecified atom stereocenters. The quantitative estimate of drug-likeness (QED) is 0.727. The van der Waals surface area contributed by atoms with E-state index in [-0.39, 0.29) is 5.75 Å². The van der Waals surface area contributed by atoms with Crippen LogP contribution in [0, 0.1) is 0 Å². The molecular weight excluding hydrogens is 307 g/mol. The summed E-state index contributed by atoms with van der Waals surface area (Å²) in [5.41, 5.74) is -3.06. The van der Waals surface area contributed by atoms with Gasteiger partial charge >= 0.3 is 12.1 Å². The molecule has 6 nitrogen and oxygen atoms in total. The van der Waals surface area contributed by atoms with Gasteiger partial charge in [0.2, 0.25) is 0 Å². The Labute approximate surface area is 123 Å². The number of hydrogen-bond donors (Lipinski definition) is 3. The minimum Gasteiger partial charge on any atom is -0.484 e. The number of alkyl halides is 3. The highest BCUT2D eigenvalue weighted by atomic mass is 19.4. The van der Waals surface area contributed by atoms with E-state index in [2.05, 4.69) is 5.32 Å². The largest absolute Gasteiger partial charge is 0.484 e. The minimum atomic E-state index is -4.53. The van der Waals surface area contributed by atoms with Gasteiger partial charge in [-0.15, -0.1) is 0 Å². The Bertz CT molecular complexity index is 557. The molecule has 3 N–H and O–H groups in total. The smallest absolute Gasteiger partial charge is 0.416 e. The van der Waals surface area contributed by atoms with E-state index in [9.17, 15) is 27.9 Å². The third-order valence-electron chi connectivity index (χ3n) is 2.62. The van der Waals surface area contributed by atoms with Crippen LogP contribution < -0.4 is 10.1 Å². The number of hydrogen-bond acceptors (Lipinski definition) is 4. The maximum absolute atomic E-state index is 12.5. The third kappa shape index (κ3) is 5.24. The summed E-state index contributed by atoms with van der Waals surface area (Å²) < 4.78 is 42.3. The van der Waals surface area contributed by atoms with Crippen molar-refractivity contribution in [2.24, 2.45) is 0 Å². The molecule has 22 heavy (non-hydrogen) atoms. The standard InChI is InChI=1S/C13H14F3NO5/c1-12(21,11(19)20)7-17-10(18)6-22-9-4-2-3-8(5-9)13(14,15)16/h2-5,21H,6-7H2,1H3,(H,17,18)(H,19,20). The zero-order valence-corrected chi connectivity index (χ0v) is 11.5. The summed E-state index contributed by atoms with van der Waals surface area (Å²) in [5, 5.41) is 20.1. The number of ether oxygens (including phenoxy) is 1. The average Bonchev–Trinajstić information content (AvgIpc) is 2.42. The molecule has 0 aromatic heterocycles. The van der Waals surface area contributed by atoms with Gasteiger partial charge in [-0.2, -0.15) is 13.2 Å². The molecular formula is C13H14F3NO5. The van der Waals surface area contributed by atoms with Gasteiger partial charge in [-0.05, 0) is 25.1 Å². The van der Waals surface area contributed by atoms with Crippen molar-refractivity contribution in [3.8, 4) is 5.75 Å². The van der Waals surface area contributed by atoms with Crippen LogP contribution in [0.2, 0.25) is 0 Å². The first-order chi connectivity index (χ1) is 10.0. The van der Waals surface area contributed by atoms with Crippen molar-refractivity contribution in [1.82, 2.24) is 5.32 Å². The lowest BCUT2D eigenvalue weighted by Gasteiger charge is -2.18. The summed E-state index contributed by atoms with van der Waals surface area (Å²) in [5.74, 6) is -2.46. The van der Waals surface area contributed by atoms with Crippen molar-refractivity contribution in [1.29, 1.82) is 0 Å². The summed E-state index contributed by atoms with van der Waals surface area (Å²) in [6, 6.07) is 3.97. The topological polar surface area (TPSA) is 95.9 Å². The molecule has 1 aromatic carbocycles. The molecule has 0 aliphatic rings. The predicted molar refractivity (Wildman–Crippen MR) is 68.2 cm³/mol. The fourth-order valence-electron chi connectivity index (χ4n) is 1.31. The Morgan fingerprint density at radius 1 is 1.32 bits per heavy atom. The van der Waals surface area contributed by atoms with Crippen molar-refractivity contribution < 1.29 is 37.7 Å². The number of rotatable bonds is 6. The van der Waals surface area contributed by atoms with Crippen LogP contribution in [0.4, 0.5) is 13.2 Å². The first kappa shape index (κ1) is 17.8. The van der Waals surface area contributed by atoms with E-state index >= 15 is 0 Å². The molecule has 1 amide bonds. The molecule has 0 saturated heterocycles. The molecule has 0 aliphatic carbocycles. The third-order valence-corrected chi connectivity index (χ3v) is 2.62. The monoisotopic (exact) mass is 321 g/mol. The number of carbonyl (C=O) groups is 2. The fraction of sp³-hybridized carbons (Fsp3) is 0.385. The molecule has 0 radical (unpaired) electrons. The number of aliphatic hydroxyl groups is 1. The zero-order valence-electron chi connectivity index (χ0n) is 11.5. The Morgan fingerprint density at radius 2 is 1.95 bits per heavy atom. The van der Waals surface area contributed by atoms with E-state index < -0.39 is 42.4 Å². The molecule has 1 rings (SSSR count). The van der Waals surface area contributed by atoms with Gasteiger partial charge in [-0.25, -0.2) is 4.79 Å². The van der Waals surface area contributed by atoms with Crippen molar-refractivity contribution >= 4 is 11.9 Å². The number of amides is 1. The van der Waals surface area contributed by atoms with Crippen molar-refractivity contribution in [3.05, 3.63) is 29.8 Å². The van der Waals surface area contributed by atoms with Gasteiger partial charge in [-0.1, -0.05) is 6.07 Å². The second-order valence-corrected chi connectivity index (χ2v) is 4.67. The summed E-state index contributed by atoms with van der Waals surface area (Å²) >= 11 is 0. The van der Waals surface area contributed by atoms with Gasteiger partial charge in [0.15, 0.2) is 12.2 Å². The lowest BCUT2D eigenvalue weighted by molar-refractivity contribution is -0.156. The summed E-state index contributed by atoms with van der Waals surface area (Å²) in [6.45, 7) is -0.187. The van der Waals surface area contributed by atoms with Crippen LogP contribution in [0.5, 0.6) is 5.75 Å². The average molecular weight is 321 g/mol. The SMILES string of the molecule is CC(O)(CNC(=O)COc1cccc(C(F)(F)F)c1)C(=O)O. The van der Waals surface area contributed by atoms with Gasteiger partial charge in [0.1, 0.15) is 5.75 Å². The van der Waals surface area contributed by atoms with E-state index in [1.54, 1.807) is 0 Å². The van der Waals surface area contributed by atoms with Crippen LogP contribution in [0.1, 0.15) is 12.5 Å². The van der Waals surface area contributed by atoms with Crippen molar-refractivity contribution in [2.45, 2.75) is 18.7 Å². The normalized spacial score (nSPS) is 14.0. The minimum absolute atomic E-state index is 0.157. The molecule has 1 aromatic rings. The number of aliphatic carboxylic acids is 1. The number of nitrogens with one attached hydrogen (secondary N) is 1. The first-order valence-electron chi connectivity index (χ1n) is 6.05. The predicted octanol–water partition coefficient (Wildman–Crippen LogP) is 1.04. The van der Waals surface area contributed by atoms with Crippen molar-refractivity contribution in [3.63, 3.8) is 0 Å². The van der Waals surface area contributed by atoms with Gasteiger partial charge in [0, 0.05) is 0 Å². The number of benzene rings is 1. The van der Waals surface area contributed by atoms with Crippen molar-refractivity contribution in [2.75, 3.05) is 13.2 Å². The van der Waals surface area contributed by atoms with Gasteiger partial charge in [0.05, 0.1) is 12.1 Å². The highest BCUT2D eigenvalue weighted by Gasteiger charge is 2.31. The van der Waals surface area contributed by atoms with E-state index in [0.717, 1.165) is 25.1 Å². The molecule has 0 bridgehead atoms. The second-order valence-electron chi connectivity index (χ2n) is 4.67.